The summed E-state index contributed by atoms with van der Waals surface area (Å²) >= 11 is 1.95. The Bertz CT molecular complexity index is 764. The molecule has 0 spiro atoms. The number of hydrogen-bond donors (Lipinski definition) is 1. The molecule has 3 rings (SSSR count). The van der Waals surface area contributed by atoms with Crippen molar-refractivity contribution in [3.8, 4) is 17.1 Å². The molecule has 94 valence electrons. The number of rotatable bonds is 2. The van der Waals surface area contributed by atoms with E-state index in [-0.39, 0.29) is 5.56 Å². The second-order valence-electron chi connectivity index (χ2n) is 3.92. The maximum atomic E-state index is 11.6. The SMILES string of the molecule is O=c1[nH]c(-c2cnn(-c3ccccc3)c2)ncc1I. The molecule has 0 amide bonds. The van der Waals surface area contributed by atoms with Crippen LogP contribution in [-0.4, -0.2) is 19.7 Å². The highest BCUT2D eigenvalue weighted by Crippen LogP contribution is 2.15. The van der Waals surface area contributed by atoms with Crippen LogP contribution in [0.4, 0.5) is 0 Å². The Morgan fingerprint density at radius 2 is 1.95 bits per heavy atom. The van der Waals surface area contributed by atoms with E-state index in [1.165, 1.54) is 0 Å². The van der Waals surface area contributed by atoms with Crippen LogP contribution < -0.4 is 5.56 Å². The predicted molar refractivity (Wildman–Crippen MR) is 80.1 cm³/mol. The van der Waals surface area contributed by atoms with Gasteiger partial charge in [-0.1, -0.05) is 18.2 Å². The number of nitrogens with one attached hydrogen (secondary N) is 1. The van der Waals surface area contributed by atoms with Gasteiger partial charge in [0.25, 0.3) is 5.56 Å². The van der Waals surface area contributed by atoms with E-state index in [0.717, 1.165) is 11.3 Å². The lowest BCUT2D eigenvalue weighted by Crippen LogP contribution is -2.11. The monoisotopic (exact) mass is 364 g/mol. The molecule has 0 aliphatic carbocycles. The summed E-state index contributed by atoms with van der Waals surface area (Å²) in [5, 5.41) is 4.27. The molecular weight excluding hydrogens is 355 g/mol. The highest BCUT2D eigenvalue weighted by molar-refractivity contribution is 14.1. The molecule has 0 aliphatic heterocycles. The first kappa shape index (κ1) is 12.1. The lowest BCUT2D eigenvalue weighted by atomic mass is 10.3. The summed E-state index contributed by atoms with van der Waals surface area (Å²) in [6.07, 6.45) is 5.06. The molecule has 0 fully saturated rings. The van der Waals surface area contributed by atoms with Crippen LogP contribution in [0.15, 0.2) is 53.7 Å². The zero-order chi connectivity index (χ0) is 13.2. The van der Waals surface area contributed by atoms with Crippen molar-refractivity contribution >= 4 is 22.6 Å². The van der Waals surface area contributed by atoms with Crippen molar-refractivity contribution in [1.29, 1.82) is 0 Å². The Hall–Kier alpha value is -1.96. The van der Waals surface area contributed by atoms with Crippen LogP contribution in [0.2, 0.25) is 0 Å². The third-order valence-corrected chi connectivity index (χ3v) is 3.40. The first-order valence-electron chi connectivity index (χ1n) is 5.59. The number of aromatic amines is 1. The number of nitrogens with zero attached hydrogens (tertiary/aromatic N) is 3. The van der Waals surface area contributed by atoms with Crippen LogP contribution in [0.3, 0.4) is 0 Å². The summed E-state index contributed by atoms with van der Waals surface area (Å²) in [7, 11) is 0. The van der Waals surface area contributed by atoms with Gasteiger partial charge >= 0.3 is 0 Å². The summed E-state index contributed by atoms with van der Waals surface area (Å²) in [6, 6.07) is 9.76. The van der Waals surface area contributed by atoms with Crippen molar-refractivity contribution < 1.29 is 0 Å². The van der Waals surface area contributed by atoms with Crippen molar-refractivity contribution in [2.24, 2.45) is 0 Å². The lowest BCUT2D eigenvalue weighted by molar-refractivity contribution is 0.880. The van der Waals surface area contributed by atoms with E-state index in [2.05, 4.69) is 15.1 Å². The van der Waals surface area contributed by atoms with Crippen LogP contribution in [0.1, 0.15) is 0 Å². The van der Waals surface area contributed by atoms with Gasteiger partial charge in [-0.15, -0.1) is 0 Å². The van der Waals surface area contributed by atoms with Gasteiger partial charge in [0.05, 0.1) is 21.0 Å². The molecule has 0 bridgehead atoms. The third-order valence-electron chi connectivity index (χ3n) is 2.63. The summed E-state index contributed by atoms with van der Waals surface area (Å²) in [5.74, 6) is 0.521. The van der Waals surface area contributed by atoms with E-state index in [9.17, 15) is 4.79 Å². The van der Waals surface area contributed by atoms with Crippen molar-refractivity contribution in [2.45, 2.75) is 0 Å². The van der Waals surface area contributed by atoms with E-state index in [1.807, 2.05) is 59.1 Å². The summed E-state index contributed by atoms with van der Waals surface area (Å²) < 4.78 is 2.31. The van der Waals surface area contributed by atoms with Gasteiger partial charge in [0, 0.05) is 12.4 Å². The normalized spacial score (nSPS) is 10.6. The topological polar surface area (TPSA) is 63.6 Å². The Kier molecular flexibility index (Phi) is 3.16. The van der Waals surface area contributed by atoms with Gasteiger partial charge in [-0.05, 0) is 34.7 Å². The standard InChI is InChI=1S/C13H9IN4O/c14-11-7-15-12(17-13(11)19)9-6-16-18(8-9)10-4-2-1-3-5-10/h1-8H,(H,15,17,19). The second kappa shape index (κ2) is 4.96. The number of hydrogen-bond acceptors (Lipinski definition) is 3. The number of para-hydroxylation sites is 1. The smallest absolute Gasteiger partial charge is 0.264 e. The van der Waals surface area contributed by atoms with E-state index < -0.39 is 0 Å². The number of H-pyrrole nitrogens is 1. The quantitative estimate of drug-likeness (QED) is 0.710. The highest BCUT2D eigenvalue weighted by atomic mass is 127. The molecule has 0 saturated carbocycles. The van der Waals surface area contributed by atoms with Crippen LogP contribution in [0, 0.1) is 3.57 Å². The Labute approximate surface area is 122 Å². The molecule has 0 atom stereocenters. The first-order valence-corrected chi connectivity index (χ1v) is 6.67. The van der Waals surface area contributed by atoms with Gasteiger partial charge in [0.15, 0.2) is 0 Å². The number of aromatic nitrogens is 4. The summed E-state index contributed by atoms with van der Waals surface area (Å²) in [5.41, 5.74) is 1.59. The minimum atomic E-state index is -0.141. The lowest BCUT2D eigenvalue weighted by Gasteiger charge is -1.99. The largest absolute Gasteiger partial charge is 0.306 e. The van der Waals surface area contributed by atoms with Crippen LogP contribution in [0.5, 0.6) is 0 Å². The van der Waals surface area contributed by atoms with Gasteiger partial charge in [0.2, 0.25) is 0 Å². The van der Waals surface area contributed by atoms with Gasteiger partial charge in [-0.3, -0.25) is 4.79 Å². The van der Waals surface area contributed by atoms with Gasteiger partial charge in [-0.25, -0.2) is 9.67 Å². The zero-order valence-electron chi connectivity index (χ0n) is 9.75. The fourth-order valence-electron chi connectivity index (χ4n) is 1.69. The molecule has 0 aliphatic rings. The Morgan fingerprint density at radius 3 is 2.68 bits per heavy atom. The average molecular weight is 364 g/mol. The van der Waals surface area contributed by atoms with E-state index >= 15 is 0 Å². The molecule has 2 heterocycles. The molecule has 2 aromatic heterocycles. The third kappa shape index (κ3) is 2.43. The first-order chi connectivity index (χ1) is 9.24. The van der Waals surface area contributed by atoms with E-state index in [0.29, 0.717) is 9.39 Å². The second-order valence-corrected chi connectivity index (χ2v) is 5.08. The molecule has 1 N–H and O–H groups in total. The minimum Gasteiger partial charge on any atom is -0.306 e. The van der Waals surface area contributed by atoms with Crippen LogP contribution in [-0.2, 0) is 0 Å². The minimum absolute atomic E-state index is 0.141. The highest BCUT2D eigenvalue weighted by Gasteiger charge is 2.06. The van der Waals surface area contributed by atoms with Gasteiger partial charge in [-0.2, -0.15) is 5.10 Å². The summed E-state index contributed by atoms with van der Waals surface area (Å²) in [6.45, 7) is 0. The van der Waals surface area contributed by atoms with Gasteiger partial charge < -0.3 is 4.98 Å². The molecule has 6 heteroatoms. The van der Waals surface area contributed by atoms with Crippen molar-refractivity contribution in [2.75, 3.05) is 0 Å². The van der Waals surface area contributed by atoms with Crippen molar-refractivity contribution in [1.82, 2.24) is 19.7 Å². The van der Waals surface area contributed by atoms with Gasteiger partial charge in [0.1, 0.15) is 5.82 Å². The maximum Gasteiger partial charge on any atom is 0.264 e. The molecular formula is C13H9IN4O. The molecule has 19 heavy (non-hydrogen) atoms. The number of halogens is 1. The van der Waals surface area contributed by atoms with Crippen LogP contribution >= 0.6 is 22.6 Å². The molecule has 0 radical (unpaired) electrons. The van der Waals surface area contributed by atoms with Crippen molar-refractivity contribution in [3.05, 3.63) is 62.8 Å². The number of benzene rings is 1. The molecule has 0 unspecified atom stereocenters. The molecule has 1 aromatic carbocycles. The fraction of sp³-hybridized carbons (Fsp3) is 0. The predicted octanol–water partition coefficient (Wildman–Crippen LogP) is 2.23. The van der Waals surface area contributed by atoms with Crippen LogP contribution in [0.25, 0.3) is 17.1 Å². The van der Waals surface area contributed by atoms with E-state index in [4.69, 9.17) is 0 Å². The maximum absolute atomic E-state index is 11.6. The molecule has 0 saturated heterocycles. The molecule has 3 aromatic rings. The average Bonchev–Trinajstić information content (AvgIpc) is 2.93. The molecule has 5 nitrogen and oxygen atoms in total. The van der Waals surface area contributed by atoms with E-state index in [1.54, 1.807) is 17.1 Å². The summed E-state index contributed by atoms with van der Waals surface area (Å²) in [4.78, 5) is 18.5. The Balaban J connectivity index is 2.02. The fourth-order valence-corrected chi connectivity index (χ4v) is 1.97. The van der Waals surface area contributed by atoms with Crippen molar-refractivity contribution in [3.63, 3.8) is 0 Å². The Morgan fingerprint density at radius 1 is 1.16 bits per heavy atom. The zero-order valence-corrected chi connectivity index (χ0v) is 11.9.